The fourth-order valence-electron chi connectivity index (χ4n) is 2.92. The Labute approximate surface area is 61.6 Å². The van der Waals surface area contributed by atoms with Gasteiger partial charge in [0.1, 0.15) is 0 Å². The lowest BCUT2D eigenvalue weighted by Gasteiger charge is -2.11. The lowest BCUT2D eigenvalue weighted by Crippen LogP contribution is -1.97. The molecule has 2 atom stereocenters. The Morgan fingerprint density at radius 2 is 2.10 bits per heavy atom. The number of hydrogen-bond donors (Lipinski definition) is 0. The lowest BCUT2D eigenvalue weighted by molar-refractivity contribution is 0.645. The van der Waals surface area contributed by atoms with E-state index in [4.69, 9.17) is 0 Å². The third-order valence-corrected chi connectivity index (χ3v) is 3.37. The Balaban J connectivity index is 2.12. The third kappa shape index (κ3) is 0.448. The molecule has 3 aliphatic rings. The van der Waals surface area contributed by atoms with Gasteiger partial charge in [-0.1, -0.05) is 17.7 Å². The van der Waals surface area contributed by atoms with Crippen molar-refractivity contribution in [3.05, 3.63) is 23.3 Å². The summed E-state index contributed by atoms with van der Waals surface area (Å²) in [6.45, 7) is 0. The van der Waals surface area contributed by atoms with E-state index in [1.54, 1.807) is 11.1 Å². The van der Waals surface area contributed by atoms with E-state index >= 15 is 0 Å². The van der Waals surface area contributed by atoms with Crippen molar-refractivity contribution in [1.29, 1.82) is 0 Å². The van der Waals surface area contributed by atoms with Gasteiger partial charge in [0.05, 0.1) is 0 Å². The highest BCUT2D eigenvalue weighted by Gasteiger charge is 2.38. The molecule has 0 aliphatic heterocycles. The molecule has 2 bridgehead atoms. The van der Waals surface area contributed by atoms with Gasteiger partial charge < -0.3 is 0 Å². The molecule has 0 heterocycles. The van der Waals surface area contributed by atoms with Crippen molar-refractivity contribution < 1.29 is 0 Å². The smallest absolute Gasteiger partial charge is 0.0127 e. The van der Waals surface area contributed by atoms with Crippen LogP contribution < -0.4 is 0 Å². The summed E-state index contributed by atoms with van der Waals surface area (Å²) in [5, 5.41) is 0. The summed E-state index contributed by atoms with van der Waals surface area (Å²) in [7, 11) is 0. The predicted octanol–water partition coefficient (Wildman–Crippen LogP) is 2.67. The molecule has 0 saturated heterocycles. The number of hydrogen-bond acceptors (Lipinski definition) is 0. The Morgan fingerprint density at radius 1 is 1.20 bits per heavy atom. The zero-order valence-electron chi connectivity index (χ0n) is 6.14. The van der Waals surface area contributed by atoms with Crippen LogP contribution in [0.5, 0.6) is 0 Å². The molecule has 0 nitrogen and oxygen atoms in total. The zero-order chi connectivity index (χ0) is 6.55. The van der Waals surface area contributed by atoms with Gasteiger partial charge in [-0.2, -0.15) is 0 Å². The molecule has 0 aromatic carbocycles. The molecule has 1 saturated carbocycles. The average molecular weight is 132 g/mol. The number of rotatable bonds is 0. The molecule has 0 spiro atoms. The molecular formula is C10H12. The number of allylic oxidation sites excluding steroid dienone is 4. The summed E-state index contributed by atoms with van der Waals surface area (Å²) in [5.41, 5.74) is 3.53. The van der Waals surface area contributed by atoms with Crippen LogP contribution in [0.15, 0.2) is 23.3 Å². The van der Waals surface area contributed by atoms with Crippen molar-refractivity contribution in [3.63, 3.8) is 0 Å². The highest BCUT2D eigenvalue weighted by Crippen LogP contribution is 2.52. The van der Waals surface area contributed by atoms with E-state index in [1.807, 2.05) is 0 Å². The highest BCUT2D eigenvalue weighted by molar-refractivity contribution is 5.42. The first-order chi connectivity index (χ1) is 4.95. The van der Waals surface area contributed by atoms with Gasteiger partial charge in [0.25, 0.3) is 0 Å². The van der Waals surface area contributed by atoms with Crippen LogP contribution in [-0.2, 0) is 0 Å². The second kappa shape index (κ2) is 1.55. The molecule has 10 heavy (non-hydrogen) atoms. The molecule has 0 aromatic rings. The monoisotopic (exact) mass is 132 g/mol. The molecule has 0 N–H and O–H groups in total. The van der Waals surface area contributed by atoms with Gasteiger partial charge >= 0.3 is 0 Å². The lowest BCUT2D eigenvalue weighted by atomic mass is 9.94. The SMILES string of the molecule is C1=CC2=C(C1)C1CCC2C1. The quantitative estimate of drug-likeness (QED) is 0.475. The summed E-state index contributed by atoms with van der Waals surface area (Å²) in [6, 6.07) is 0. The largest absolute Gasteiger partial charge is 0.0802 e. The van der Waals surface area contributed by atoms with E-state index in [9.17, 15) is 0 Å². The van der Waals surface area contributed by atoms with Crippen molar-refractivity contribution >= 4 is 0 Å². The van der Waals surface area contributed by atoms with E-state index in [0.717, 1.165) is 11.8 Å². The van der Waals surface area contributed by atoms with Crippen molar-refractivity contribution in [2.75, 3.05) is 0 Å². The van der Waals surface area contributed by atoms with Crippen molar-refractivity contribution in [2.45, 2.75) is 25.7 Å². The van der Waals surface area contributed by atoms with Crippen LogP contribution in [0.4, 0.5) is 0 Å². The summed E-state index contributed by atoms with van der Waals surface area (Å²) in [4.78, 5) is 0. The normalized spacial score (nSPS) is 41.6. The fraction of sp³-hybridized carbons (Fsp3) is 0.600. The Bertz CT molecular complexity index is 232. The first kappa shape index (κ1) is 5.17. The Kier molecular flexibility index (Phi) is 0.803. The molecule has 52 valence electrons. The third-order valence-electron chi connectivity index (χ3n) is 3.37. The predicted molar refractivity (Wildman–Crippen MR) is 41.6 cm³/mol. The minimum Gasteiger partial charge on any atom is -0.0802 e. The average Bonchev–Trinajstić information content (AvgIpc) is 2.60. The maximum absolute atomic E-state index is 2.37. The minimum atomic E-state index is 0.985. The van der Waals surface area contributed by atoms with Gasteiger partial charge in [-0.15, -0.1) is 0 Å². The van der Waals surface area contributed by atoms with Crippen molar-refractivity contribution in [1.82, 2.24) is 0 Å². The van der Waals surface area contributed by atoms with Gasteiger partial charge in [0, 0.05) is 0 Å². The molecule has 3 aliphatic carbocycles. The van der Waals surface area contributed by atoms with Crippen LogP contribution in [-0.4, -0.2) is 0 Å². The van der Waals surface area contributed by atoms with Crippen molar-refractivity contribution in [2.24, 2.45) is 11.8 Å². The van der Waals surface area contributed by atoms with Crippen molar-refractivity contribution in [3.8, 4) is 0 Å². The van der Waals surface area contributed by atoms with Crippen LogP contribution in [0, 0.1) is 11.8 Å². The number of fused-ring (bicyclic) bond motifs is 4. The van der Waals surface area contributed by atoms with Gasteiger partial charge in [0.15, 0.2) is 0 Å². The molecule has 0 aromatic heterocycles. The Morgan fingerprint density at radius 3 is 3.00 bits per heavy atom. The first-order valence-electron chi connectivity index (χ1n) is 4.34. The van der Waals surface area contributed by atoms with E-state index in [0.29, 0.717) is 0 Å². The van der Waals surface area contributed by atoms with E-state index in [-0.39, 0.29) is 0 Å². The minimum absolute atomic E-state index is 0.985. The summed E-state index contributed by atoms with van der Waals surface area (Å²) >= 11 is 0. The molecule has 1 fully saturated rings. The van der Waals surface area contributed by atoms with Crippen LogP contribution in [0.1, 0.15) is 25.7 Å². The summed E-state index contributed by atoms with van der Waals surface area (Å²) in [6.07, 6.45) is 10.5. The molecule has 0 amide bonds. The van der Waals surface area contributed by atoms with Crippen LogP contribution in [0.2, 0.25) is 0 Å². The van der Waals surface area contributed by atoms with E-state index < -0.39 is 0 Å². The second-order valence-electron chi connectivity index (χ2n) is 3.79. The summed E-state index contributed by atoms with van der Waals surface area (Å²) < 4.78 is 0. The van der Waals surface area contributed by atoms with Crippen LogP contribution in [0.3, 0.4) is 0 Å². The van der Waals surface area contributed by atoms with Crippen LogP contribution >= 0.6 is 0 Å². The van der Waals surface area contributed by atoms with E-state index in [1.165, 1.54) is 25.7 Å². The summed E-state index contributed by atoms with van der Waals surface area (Å²) in [5.74, 6) is 1.99. The van der Waals surface area contributed by atoms with E-state index in [2.05, 4.69) is 12.2 Å². The van der Waals surface area contributed by atoms with Gasteiger partial charge in [-0.25, -0.2) is 0 Å². The second-order valence-corrected chi connectivity index (χ2v) is 3.79. The topological polar surface area (TPSA) is 0 Å². The molecule has 0 radical (unpaired) electrons. The highest BCUT2D eigenvalue weighted by atomic mass is 14.4. The van der Waals surface area contributed by atoms with Gasteiger partial charge in [0.2, 0.25) is 0 Å². The molecule has 3 rings (SSSR count). The fourth-order valence-corrected chi connectivity index (χ4v) is 2.92. The maximum atomic E-state index is 2.37. The molecule has 2 unspecified atom stereocenters. The van der Waals surface area contributed by atoms with Crippen LogP contribution in [0.25, 0.3) is 0 Å². The molecule has 0 heteroatoms. The zero-order valence-corrected chi connectivity index (χ0v) is 6.14. The van der Waals surface area contributed by atoms with Gasteiger partial charge in [-0.3, -0.25) is 0 Å². The van der Waals surface area contributed by atoms with Gasteiger partial charge in [-0.05, 0) is 43.1 Å². The Hall–Kier alpha value is -0.520. The first-order valence-corrected chi connectivity index (χ1v) is 4.34. The maximum Gasteiger partial charge on any atom is -0.0127 e. The molecular weight excluding hydrogens is 120 g/mol. The standard InChI is InChI=1S/C10H12/c1-2-9-7-4-5-8(6-7)10(9)3-1/h1-2,7-8H,3-6H2.